The Bertz CT molecular complexity index is 835. The van der Waals surface area contributed by atoms with E-state index in [-0.39, 0.29) is 23.5 Å². The first kappa shape index (κ1) is 20.0. The number of carbonyl (C=O) groups is 2. The maximum absolute atomic E-state index is 13.3. The monoisotopic (exact) mass is 386 g/mol. The van der Waals surface area contributed by atoms with Crippen LogP contribution < -0.4 is 0 Å². The number of carbonyl (C=O) groups excluding carboxylic acids is 2. The van der Waals surface area contributed by atoms with Gasteiger partial charge in [0.05, 0.1) is 12.5 Å². The predicted molar refractivity (Wildman–Crippen MR) is 104 cm³/mol. The fourth-order valence-electron chi connectivity index (χ4n) is 3.67. The number of aromatic nitrogens is 2. The molecule has 1 aliphatic rings. The Kier molecular flexibility index (Phi) is 6.44. The summed E-state index contributed by atoms with van der Waals surface area (Å²) in [5, 5.41) is 0. The summed E-state index contributed by atoms with van der Waals surface area (Å²) in [7, 11) is 1.78. The van der Waals surface area contributed by atoms with Crippen LogP contribution in [0.15, 0.2) is 36.7 Å². The Hall–Kier alpha value is -2.70. The highest BCUT2D eigenvalue weighted by Gasteiger charge is 2.31. The smallest absolute Gasteiger partial charge is 0.227 e. The minimum absolute atomic E-state index is 0.0360. The standard InChI is InChI=1S/C21H27FN4O2/c1-3-25-12-10-23-19(25)15-24(2)21(28)17-7-8-20(27)26(14-17)11-9-16-5-4-6-18(22)13-16/h4-6,10,12-13,17H,3,7-9,11,14-15H2,1-2H3/t17-/m1/s1. The van der Waals surface area contributed by atoms with Gasteiger partial charge >= 0.3 is 0 Å². The molecule has 1 fully saturated rings. The van der Waals surface area contributed by atoms with E-state index < -0.39 is 0 Å². The molecule has 1 aliphatic heterocycles. The van der Waals surface area contributed by atoms with Crippen molar-refractivity contribution in [3.8, 4) is 0 Å². The van der Waals surface area contributed by atoms with Crippen molar-refractivity contribution in [1.29, 1.82) is 0 Å². The summed E-state index contributed by atoms with van der Waals surface area (Å²) in [5.74, 6) is 0.467. The van der Waals surface area contributed by atoms with E-state index >= 15 is 0 Å². The van der Waals surface area contributed by atoms with Crippen LogP contribution in [0, 0.1) is 11.7 Å². The normalized spacial score (nSPS) is 17.0. The Morgan fingerprint density at radius 3 is 2.96 bits per heavy atom. The van der Waals surface area contributed by atoms with E-state index in [4.69, 9.17) is 0 Å². The molecule has 2 aromatic rings. The highest BCUT2D eigenvalue weighted by atomic mass is 19.1. The maximum Gasteiger partial charge on any atom is 0.227 e. The number of rotatable bonds is 7. The zero-order valence-electron chi connectivity index (χ0n) is 16.5. The number of halogens is 1. The van der Waals surface area contributed by atoms with E-state index in [0.29, 0.717) is 38.9 Å². The number of likely N-dealkylation sites (tertiary alicyclic amines) is 1. The third-order valence-electron chi connectivity index (χ3n) is 5.31. The molecule has 7 heteroatoms. The second kappa shape index (κ2) is 8.99. The molecule has 150 valence electrons. The highest BCUT2D eigenvalue weighted by molar-refractivity contribution is 5.83. The van der Waals surface area contributed by atoms with Gasteiger partial charge in [-0.15, -0.1) is 0 Å². The lowest BCUT2D eigenvalue weighted by Crippen LogP contribution is -2.46. The van der Waals surface area contributed by atoms with Crippen LogP contribution in [0.25, 0.3) is 0 Å². The van der Waals surface area contributed by atoms with E-state index in [1.54, 1.807) is 29.1 Å². The summed E-state index contributed by atoms with van der Waals surface area (Å²) in [4.78, 5) is 32.9. The second-order valence-corrected chi connectivity index (χ2v) is 7.28. The molecule has 1 atom stereocenters. The number of hydrogen-bond donors (Lipinski definition) is 0. The van der Waals surface area contributed by atoms with Crippen molar-refractivity contribution in [1.82, 2.24) is 19.4 Å². The molecule has 1 saturated heterocycles. The van der Waals surface area contributed by atoms with E-state index in [2.05, 4.69) is 4.98 Å². The van der Waals surface area contributed by atoms with Gasteiger partial charge in [-0.25, -0.2) is 9.37 Å². The molecule has 6 nitrogen and oxygen atoms in total. The number of nitrogens with zero attached hydrogens (tertiary/aromatic N) is 4. The molecule has 1 aromatic heterocycles. The zero-order valence-corrected chi connectivity index (χ0v) is 16.5. The van der Waals surface area contributed by atoms with Crippen LogP contribution >= 0.6 is 0 Å². The fraction of sp³-hybridized carbons (Fsp3) is 0.476. The molecule has 2 heterocycles. The van der Waals surface area contributed by atoms with Gasteiger partial charge in [0, 0.05) is 45.5 Å². The van der Waals surface area contributed by atoms with Crippen molar-refractivity contribution in [2.24, 2.45) is 5.92 Å². The van der Waals surface area contributed by atoms with Gasteiger partial charge in [-0.2, -0.15) is 0 Å². The van der Waals surface area contributed by atoms with Gasteiger partial charge in [0.25, 0.3) is 0 Å². The second-order valence-electron chi connectivity index (χ2n) is 7.28. The van der Waals surface area contributed by atoms with Gasteiger partial charge in [0.2, 0.25) is 11.8 Å². The Balaban J connectivity index is 1.58. The predicted octanol–water partition coefficient (Wildman–Crippen LogP) is 2.48. The van der Waals surface area contributed by atoms with Crippen molar-refractivity contribution >= 4 is 11.8 Å². The summed E-state index contributed by atoms with van der Waals surface area (Å²) >= 11 is 0. The average molecular weight is 386 g/mol. The molecule has 0 N–H and O–H groups in total. The van der Waals surface area contributed by atoms with Gasteiger partial charge in [0.15, 0.2) is 0 Å². The van der Waals surface area contributed by atoms with Crippen LogP contribution in [-0.2, 0) is 29.1 Å². The third-order valence-corrected chi connectivity index (χ3v) is 5.31. The lowest BCUT2D eigenvalue weighted by molar-refractivity contribution is -0.142. The minimum atomic E-state index is -0.275. The lowest BCUT2D eigenvalue weighted by atomic mass is 9.95. The molecule has 1 aromatic carbocycles. The summed E-state index contributed by atoms with van der Waals surface area (Å²) in [6.07, 6.45) is 5.16. The summed E-state index contributed by atoms with van der Waals surface area (Å²) in [6.45, 7) is 4.21. The molecule has 0 aliphatic carbocycles. The van der Waals surface area contributed by atoms with Crippen molar-refractivity contribution < 1.29 is 14.0 Å². The van der Waals surface area contributed by atoms with E-state index in [9.17, 15) is 14.0 Å². The van der Waals surface area contributed by atoms with Crippen molar-refractivity contribution in [3.05, 3.63) is 53.9 Å². The van der Waals surface area contributed by atoms with E-state index in [1.807, 2.05) is 23.8 Å². The number of imidazole rings is 1. The van der Waals surface area contributed by atoms with Crippen molar-refractivity contribution in [2.75, 3.05) is 20.1 Å². The van der Waals surface area contributed by atoms with Crippen LogP contribution in [0.1, 0.15) is 31.2 Å². The molecule has 0 saturated carbocycles. The zero-order chi connectivity index (χ0) is 20.1. The molecule has 0 spiro atoms. The van der Waals surface area contributed by atoms with Crippen LogP contribution in [0.4, 0.5) is 4.39 Å². The largest absolute Gasteiger partial charge is 0.342 e. The van der Waals surface area contributed by atoms with Crippen LogP contribution in [0.5, 0.6) is 0 Å². The Labute approximate surface area is 165 Å². The third kappa shape index (κ3) is 4.77. The van der Waals surface area contributed by atoms with Crippen molar-refractivity contribution in [2.45, 2.75) is 39.3 Å². The molecule has 0 unspecified atom stereocenters. The van der Waals surface area contributed by atoms with Gasteiger partial charge in [-0.1, -0.05) is 12.1 Å². The van der Waals surface area contributed by atoms with E-state index in [0.717, 1.165) is 17.9 Å². The van der Waals surface area contributed by atoms with Gasteiger partial charge in [-0.3, -0.25) is 9.59 Å². The quantitative estimate of drug-likeness (QED) is 0.735. The highest BCUT2D eigenvalue weighted by Crippen LogP contribution is 2.21. The van der Waals surface area contributed by atoms with E-state index in [1.165, 1.54) is 12.1 Å². The van der Waals surface area contributed by atoms with Crippen LogP contribution in [0.2, 0.25) is 0 Å². The van der Waals surface area contributed by atoms with Crippen LogP contribution in [0.3, 0.4) is 0 Å². The number of aryl methyl sites for hydroxylation is 1. The Morgan fingerprint density at radius 1 is 1.39 bits per heavy atom. The van der Waals surface area contributed by atoms with Crippen molar-refractivity contribution in [3.63, 3.8) is 0 Å². The lowest BCUT2D eigenvalue weighted by Gasteiger charge is -2.34. The molecule has 3 rings (SSSR count). The SMILES string of the molecule is CCn1ccnc1CN(C)C(=O)[C@@H]1CCC(=O)N(CCc2cccc(F)c2)C1. The van der Waals surface area contributed by atoms with Gasteiger partial charge in [0.1, 0.15) is 11.6 Å². The molecular formula is C21H27FN4O2. The molecule has 0 radical (unpaired) electrons. The minimum Gasteiger partial charge on any atom is -0.342 e. The van der Waals surface area contributed by atoms with Gasteiger partial charge in [-0.05, 0) is 37.5 Å². The van der Waals surface area contributed by atoms with Crippen LogP contribution in [-0.4, -0.2) is 51.3 Å². The first-order valence-corrected chi connectivity index (χ1v) is 9.75. The fourth-order valence-corrected chi connectivity index (χ4v) is 3.67. The summed E-state index contributed by atoms with van der Waals surface area (Å²) < 4.78 is 15.4. The number of piperidine rings is 1. The topological polar surface area (TPSA) is 58.4 Å². The van der Waals surface area contributed by atoms with Gasteiger partial charge < -0.3 is 14.4 Å². The summed E-state index contributed by atoms with van der Waals surface area (Å²) in [5.41, 5.74) is 0.852. The number of hydrogen-bond acceptors (Lipinski definition) is 3. The molecular weight excluding hydrogens is 359 g/mol. The Morgan fingerprint density at radius 2 is 2.21 bits per heavy atom. The summed E-state index contributed by atoms with van der Waals surface area (Å²) in [6, 6.07) is 6.42. The first-order valence-electron chi connectivity index (χ1n) is 9.75. The molecule has 2 amide bonds. The average Bonchev–Trinajstić information content (AvgIpc) is 3.14. The first-order chi connectivity index (χ1) is 13.5. The molecule has 28 heavy (non-hydrogen) atoms. The number of amides is 2. The molecule has 0 bridgehead atoms. The maximum atomic E-state index is 13.3. The number of benzene rings is 1.